The highest BCUT2D eigenvalue weighted by Crippen LogP contribution is 2.49. The Morgan fingerprint density at radius 2 is 1.95 bits per heavy atom. The Balaban J connectivity index is 1.73. The first-order valence-electron chi connectivity index (χ1n) is 8.41. The second-order valence-electron chi connectivity index (χ2n) is 6.93. The number of nitrogens with zero attached hydrogens (tertiary/aromatic N) is 2. The number of nitrogen functional groups attached to an aromatic ring is 1. The molecule has 0 radical (unpaired) electrons. The molecular weight excluding hydrogens is 262 g/mol. The lowest BCUT2D eigenvalue weighted by Gasteiger charge is -2.35. The first-order valence-corrected chi connectivity index (χ1v) is 8.41. The van der Waals surface area contributed by atoms with Crippen molar-refractivity contribution in [2.75, 3.05) is 24.1 Å². The van der Waals surface area contributed by atoms with Gasteiger partial charge in [-0.15, -0.1) is 0 Å². The summed E-state index contributed by atoms with van der Waals surface area (Å²) < 4.78 is 0. The van der Waals surface area contributed by atoms with E-state index in [1.165, 1.54) is 49.8 Å². The normalized spacial score (nSPS) is 27.0. The Morgan fingerprint density at radius 1 is 1.14 bits per heavy atom. The molecule has 1 atom stereocenters. The van der Waals surface area contributed by atoms with E-state index in [4.69, 9.17) is 10.7 Å². The van der Waals surface area contributed by atoms with E-state index in [2.05, 4.69) is 15.6 Å². The summed E-state index contributed by atoms with van der Waals surface area (Å²) in [6.07, 6.45) is 10.0. The highest BCUT2D eigenvalue weighted by atomic mass is 15.1. The van der Waals surface area contributed by atoms with Gasteiger partial charge in [-0.25, -0.2) is 4.98 Å². The lowest BCUT2D eigenvalue weighted by Crippen LogP contribution is -2.32. The molecule has 3 aliphatic rings. The van der Waals surface area contributed by atoms with Gasteiger partial charge in [0.2, 0.25) is 5.95 Å². The van der Waals surface area contributed by atoms with Crippen LogP contribution in [0.4, 0.5) is 11.8 Å². The molecule has 1 aliphatic heterocycles. The van der Waals surface area contributed by atoms with Gasteiger partial charge in [0.1, 0.15) is 5.82 Å². The molecule has 2 fully saturated rings. The lowest BCUT2D eigenvalue weighted by molar-refractivity contribution is 0.358. The van der Waals surface area contributed by atoms with Crippen molar-refractivity contribution in [1.82, 2.24) is 15.3 Å². The summed E-state index contributed by atoms with van der Waals surface area (Å²) in [5.41, 5.74) is 8.95. The van der Waals surface area contributed by atoms with Gasteiger partial charge in [0.05, 0.1) is 5.69 Å². The van der Waals surface area contributed by atoms with Crippen molar-refractivity contribution in [1.29, 1.82) is 0 Å². The Hall–Kier alpha value is -1.36. The molecule has 2 aliphatic carbocycles. The lowest BCUT2D eigenvalue weighted by atomic mass is 9.71. The number of hydrogen-bond acceptors (Lipinski definition) is 5. The summed E-state index contributed by atoms with van der Waals surface area (Å²) in [6, 6.07) is 0.477. The second kappa shape index (κ2) is 5.13. The van der Waals surface area contributed by atoms with E-state index in [-0.39, 0.29) is 0 Å². The third kappa shape index (κ3) is 2.27. The van der Waals surface area contributed by atoms with Crippen LogP contribution >= 0.6 is 0 Å². The molecule has 4 N–H and O–H groups in total. The van der Waals surface area contributed by atoms with Gasteiger partial charge < -0.3 is 16.4 Å². The predicted octanol–water partition coefficient (Wildman–Crippen LogP) is 1.98. The maximum Gasteiger partial charge on any atom is 0.222 e. The van der Waals surface area contributed by atoms with Crippen LogP contribution in [-0.2, 0) is 11.8 Å². The quantitative estimate of drug-likeness (QED) is 0.775. The van der Waals surface area contributed by atoms with E-state index in [0.29, 0.717) is 17.4 Å². The van der Waals surface area contributed by atoms with Crippen molar-refractivity contribution in [3.05, 3.63) is 11.3 Å². The van der Waals surface area contributed by atoms with Crippen LogP contribution in [0.1, 0.15) is 56.2 Å². The maximum atomic E-state index is 6.03. The minimum Gasteiger partial charge on any atom is -0.368 e. The van der Waals surface area contributed by atoms with Crippen LogP contribution < -0.4 is 16.4 Å². The molecule has 4 rings (SSSR count). The zero-order valence-corrected chi connectivity index (χ0v) is 12.6. The van der Waals surface area contributed by atoms with E-state index in [1.54, 1.807) is 0 Å². The van der Waals surface area contributed by atoms with Gasteiger partial charge in [0.15, 0.2) is 0 Å². The van der Waals surface area contributed by atoms with E-state index in [0.717, 1.165) is 31.7 Å². The van der Waals surface area contributed by atoms with Gasteiger partial charge in [0, 0.05) is 23.6 Å². The fourth-order valence-electron chi connectivity index (χ4n) is 4.53. The largest absolute Gasteiger partial charge is 0.368 e. The fourth-order valence-corrected chi connectivity index (χ4v) is 4.53. The Labute approximate surface area is 126 Å². The van der Waals surface area contributed by atoms with Gasteiger partial charge in [-0.1, -0.05) is 12.8 Å². The second-order valence-corrected chi connectivity index (χ2v) is 6.93. The molecule has 0 bridgehead atoms. The molecule has 5 heteroatoms. The van der Waals surface area contributed by atoms with Crippen LogP contribution in [0.3, 0.4) is 0 Å². The predicted molar refractivity (Wildman–Crippen MR) is 84.4 cm³/mol. The number of aromatic nitrogens is 2. The van der Waals surface area contributed by atoms with Crippen molar-refractivity contribution < 1.29 is 0 Å². The standard InChI is InChI=1S/C16H25N5/c17-15-20-13-12(4-3-8-16(13)6-1-2-7-16)14(21-15)19-11-5-9-18-10-11/h11,18H,1-10H2,(H3,17,19,20,21). The van der Waals surface area contributed by atoms with E-state index >= 15 is 0 Å². The summed E-state index contributed by atoms with van der Waals surface area (Å²) in [5, 5.41) is 7.02. The van der Waals surface area contributed by atoms with Crippen LogP contribution in [0.5, 0.6) is 0 Å². The third-order valence-corrected chi connectivity index (χ3v) is 5.57. The molecule has 2 heterocycles. The SMILES string of the molecule is Nc1nc(NC2CCNC2)c2c(n1)C1(CCCC1)CCC2. The van der Waals surface area contributed by atoms with Crippen molar-refractivity contribution in [2.45, 2.75) is 62.8 Å². The van der Waals surface area contributed by atoms with E-state index in [1.807, 2.05) is 0 Å². The molecule has 114 valence electrons. The topological polar surface area (TPSA) is 75.9 Å². The smallest absolute Gasteiger partial charge is 0.222 e. The minimum atomic E-state index is 0.301. The van der Waals surface area contributed by atoms with Gasteiger partial charge in [-0.3, -0.25) is 0 Å². The van der Waals surface area contributed by atoms with Crippen LogP contribution in [0, 0.1) is 0 Å². The van der Waals surface area contributed by atoms with Crippen molar-refractivity contribution >= 4 is 11.8 Å². The van der Waals surface area contributed by atoms with Crippen LogP contribution in [0.15, 0.2) is 0 Å². The summed E-state index contributed by atoms with van der Waals surface area (Å²) in [6.45, 7) is 2.11. The van der Waals surface area contributed by atoms with E-state index in [9.17, 15) is 0 Å². The van der Waals surface area contributed by atoms with Crippen molar-refractivity contribution in [3.8, 4) is 0 Å². The molecule has 1 unspecified atom stereocenters. The molecule has 1 aromatic rings. The Bertz CT molecular complexity index is 530. The maximum absolute atomic E-state index is 6.03. The Kier molecular flexibility index (Phi) is 3.25. The molecule has 1 aromatic heterocycles. The zero-order valence-electron chi connectivity index (χ0n) is 12.6. The number of rotatable bonds is 2. The molecule has 0 amide bonds. The van der Waals surface area contributed by atoms with Crippen LogP contribution in [0.2, 0.25) is 0 Å². The molecule has 1 spiro atoms. The van der Waals surface area contributed by atoms with Gasteiger partial charge in [-0.2, -0.15) is 4.98 Å². The molecule has 1 saturated heterocycles. The molecule has 21 heavy (non-hydrogen) atoms. The highest BCUT2D eigenvalue weighted by molar-refractivity contribution is 5.54. The van der Waals surface area contributed by atoms with Gasteiger partial charge >= 0.3 is 0 Å². The highest BCUT2D eigenvalue weighted by Gasteiger charge is 2.41. The Morgan fingerprint density at radius 3 is 2.71 bits per heavy atom. The van der Waals surface area contributed by atoms with Crippen LogP contribution in [-0.4, -0.2) is 29.1 Å². The zero-order chi connectivity index (χ0) is 14.3. The average molecular weight is 287 g/mol. The number of fused-ring (bicyclic) bond motifs is 2. The summed E-state index contributed by atoms with van der Waals surface area (Å²) >= 11 is 0. The molecular formula is C16H25N5. The fraction of sp³-hybridized carbons (Fsp3) is 0.750. The molecule has 0 aromatic carbocycles. The van der Waals surface area contributed by atoms with Crippen LogP contribution in [0.25, 0.3) is 0 Å². The van der Waals surface area contributed by atoms with Crippen molar-refractivity contribution in [3.63, 3.8) is 0 Å². The summed E-state index contributed by atoms with van der Waals surface area (Å²) in [5.74, 6) is 1.45. The monoisotopic (exact) mass is 287 g/mol. The summed E-state index contributed by atoms with van der Waals surface area (Å²) in [7, 11) is 0. The summed E-state index contributed by atoms with van der Waals surface area (Å²) in [4.78, 5) is 9.23. The van der Waals surface area contributed by atoms with Gasteiger partial charge in [-0.05, 0) is 45.1 Å². The average Bonchev–Trinajstić information content (AvgIpc) is 3.13. The number of nitrogens with two attached hydrogens (primary N) is 1. The first-order chi connectivity index (χ1) is 10.3. The minimum absolute atomic E-state index is 0.301. The van der Waals surface area contributed by atoms with Crippen molar-refractivity contribution in [2.24, 2.45) is 0 Å². The number of hydrogen-bond donors (Lipinski definition) is 3. The molecule has 5 nitrogen and oxygen atoms in total. The molecule has 1 saturated carbocycles. The number of nitrogens with one attached hydrogen (secondary N) is 2. The first kappa shape index (κ1) is 13.3. The van der Waals surface area contributed by atoms with E-state index < -0.39 is 0 Å². The third-order valence-electron chi connectivity index (χ3n) is 5.57. The van der Waals surface area contributed by atoms with Gasteiger partial charge in [0.25, 0.3) is 0 Å². The number of anilines is 2.